The van der Waals surface area contributed by atoms with Crippen molar-refractivity contribution in [2.45, 2.75) is 58.3 Å². The zero-order chi connectivity index (χ0) is 7.66. The van der Waals surface area contributed by atoms with Crippen molar-refractivity contribution < 1.29 is 19.5 Å². The van der Waals surface area contributed by atoms with Crippen LogP contribution in [-0.2, 0) is 19.5 Å². The SMILES string of the molecule is [CH2-]CCCCCCCCC.[Ru+]. The van der Waals surface area contributed by atoms with E-state index in [-0.39, 0.29) is 19.5 Å². The Bertz CT molecular complexity index is 44.8. The van der Waals surface area contributed by atoms with Crippen molar-refractivity contribution in [3.05, 3.63) is 6.92 Å². The van der Waals surface area contributed by atoms with Gasteiger partial charge in [0.05, 0.1) is 0 Å². The van der Waals surface area contributed by atoms with Gasteiger partial charge in [-0.15, -0.1) is 0 Å². The summed E-state index contributed by atoms with van der Waals surface area (Å²) in [5.41, 5.74) is 0. The Morgan fingerprint density at radius 2 is 1.27 bits per heavy atom. The molecule has 1 radical (unpaired) electrons. The second kappa shape index (κ2) is 13.2. The van der Waals surface area contributed by atoms with E-state index < -0.39 is 0 Å². The first kappa shape index (κ1) is 14.2. The number of rotatable bonds is 7. The van der Waals surface area contributed by atoms with Gasteiger partial charge in [-0.05, 0) is 0 Å². The fourth-order valence-corrected chi connectivity index (χ4v) is 1.13. The molecule has 1 heteroatoms. The van der Waals surface area contributed by atoms with Crippen molar-refractivity contribution >= 4 is 0 Å². The number of unbranched alkanes of at least 4 members (excludes halogenated alkanes) is 7. The van der Waals surface area contributed by atoms with E-state index in [2.05, 4.69) is 13.8 Å². The fraction of sp³-hybridized carbons (Fsp3) is 0.900. The molecule has 0 aliphatic carbocycles. The minimum Gasteiger partial charge on any atom is -0.343 e. The van der Waals surface area contributed by atoms with Crippen LogP contribution in [0.15, 0.2) is 0 Å². The van der Waals surface area contributed by atoms with Crippen LogP contribution in [0.2, 0.25) is 0 Å². The molecule has 0 saturated heterocycles. The van der Waals surface area contributed by atoms with E-state index in [1.807, 2.05) is 0 Å². The smallest absolute Gasteiger partial charge is 0.343 e. The molecule has 0 nitrogen and oxygen atoms in total. The third kappa shape index (κ3) is 13.6. The summed E-state index contributed by atoms with van der Waals surface area (Å²) in [5, 5.41) is 0. The summed E-state index contributed by atoms with van der Waals surface area (Å²) >= 11 is 0. The van der Waals surface area contributed by atoms with Gasteiger partial charge < -0.3 is 6.92 Å². The number of hydrogen-bond donors (Lipinski definition) is 0. The van der Waals surface area contributed by atoms with Crippen LogP contribution in [0.1, 0.15) is 58.3 Å². The first-order chi connectivity index (χ1) is 4.91. The molecule has 0 aromatic rings. The molecular formula is C10H21Ru. The van der Waals surface area contributed by atoms with E-state index in [0.717, 1.165) is 6.42 Å². The zero-order valence-corrected chi connectivity index (χ0v) is 9.46. The average molecular weight is 242 g/mol. The summed E-state index contributed by atoms with van der Waals surface area (Å²) in [6.07, 6.45) is 10.9. The third-order valence-corrected chi connectivity index (χ3v) is 1.85. The van der Waals surface area contributed by atoms with Gasteiger partial charge in [0, 0.05) is 0 Å². The summed E-state index contributed by atoms with van der Waals surface area (Å²) in [6.45, 7) is 6.08. The van der Waals surface area contributed by atoms with E-state index in [0.29, 0.717) is 0 Å². The molecular weight excluding hydrogens is 221 g/mol. The average Bonchev–Trinajstić information content (AvgIpc) is 1.97. The van der Waals surface area contributed by atoms with Crippen molar-refractivity contribution in [2.24, 2.45) is 0 Å². The topological polar surface area (TPSA) is 0 Å². The maximum Gasteiger partial charge on any atom is 1.00 e. The van der Waals surface area contributed by atoms with Gasteiger partial charge in [0.15, 0.2) is 0 Å². The summed E-state index contributed by atoms with van der Waals surface area (Å²) in [7, 11) is 0. The van der Waals surface area contributed by atoms with Gasteiger partial charge in [-0.3, -0.25) is 0 Å². The molecule has 0 spiro atoms. The Hall–Kier alpha value is 0.623. The maximum absolute atomic E-state index is 3.82. The molecule has 69 valence electrons. The van der Waals surface area contributed by atoms with Crippen LogP contribution in [0.4, 0.5) is 0 Å². The molecule has 0 amide bonds. The quantitative estimate of drug-likeness (QED) is 0.360. The first-order valence-electron chi connectivity index (χ1n) is 4.71. The molecule has 0 aliphatic heterocycles. The van der Waals surface area contributed by atoms with Crippen molar-refractivity contribution in [1.82, 2.24) is 0 Å². The predicted octanol–water partition coefficient (Wildman–Crippen LogP) is 3.96. The standard InChI is InChI=1S/C10H21.Ru/c1-3-5-7-9-10-8-6-4-2;/h1,3-10H2,2H3;/q-1;+1. The molecule has 0 atom stereocenters. The molecule has 0 aromatic carbocycles. The van der Waals surface area contributed by atoms with Crippen molar-refractivity contribution in [1.29, 1.82) is 0 Å². The van der Waals surface area contributed by atoms with E-state index in [1.54, 1.807) is 0 Å². The molecule has 0 aromatic heterocycles. The van der Waals surface area contributed by atoms with Gasteiger partial charge in [-0.25, -0.2) is 0 Å². The molecule has 0 heterocycles. The van der Waals surface area contributed by atoms with Gasteiger partial charge in [-0.2, -0.15) is 6.42 Å². The second-order valence-corrected chi connectivity index (χ2v) is 2.97. The van der Waals surface area contributed by atoms with Crippen LogP contribution in [-0.4, -0.2) is 0 Å². The van der Waals surface area contributed by atoms with Crippen LogP contribution < -0.4 is 0 Å². The molecule has 0 bridgehead atoms. The van der Waals surface area contributed by atoms with E-state index >= 15 is 0 Å². The Morgan fingerprint density at radius 1 is 0.818 bits per heavy atom. The minimum atomic E-state index is 0. The Labute approximate surface area is 84.9 Å². The van der Waals surface area contributed by atoms with Crippen molar-refractivity contribution in [3.8, 4) is 0 Å². The summed E-state index contributed by atoms with van der Waals surface area (Å²) in [5.74, 6) is 0. The van der Waals surface area contributed by atoms with Crippen LogP contribution in [0, 0.1) is 6.92 Å². The van der Waals surface area contributed by atoms with E-state index in [9.17, 15) is 0 Å². The van der Waals surface area contributed by atoms with Crippen LogP contribution in [0.5, 0.6) is 0 Å². The van der Waals surface area contributed by atoms with Crippen LogP contribution in [0.25, 0.3) is 0 Å². The Balaban J connectivity index is 0. The summed E-state index contributed by atoms with van der Waals surface area (Å²) in [4.78, 5) is 0. The van der Waals surface area contributed by atoms with Crippen LogP contribution in [0.3, 0.4) is 0 Å². The van der Waals surface area contributed by atoms with Crippen LogP contribution >= 0.6 is 0 Å². The first-order valence-corrected chi connectivity index (χ1v) is 4.71. The molecule has 11 heavy (non-hydrogen) atoms. The third-order valence-electron chi connectivity index (χ3n) is 1.85. The fourth-order valence-electron chi connectivity index (χ4n) is 1.13. The normalized spacial score (nSPS) is 9.27. The second-order valence-electron chi connectivity index (χ2n) is 2.97. The molecule has 0 N–H and O–H groups in total. The van der Waals surface area contributed by atoms with Crippen molar-refractivity contribution in [3.63, 3.8) is 0 Å². The molecule has 0 saturated carbocycles. The van der Waals surface area contributed by atoms with Gasteiger partial charge in [0.25, 0.3) is 0 Å². The Kier molecular flexibility index (Phi) is 17.0. The van der Waals surface area contributed by atoms with E-state index in [1.165, 1.54) is 44.9 Å². The van der Waals surface area contributed by atoms with Gasteiger partial charge >= 0.3 is 19.5 Å². The molecule has 0 rings (SSSR count). The molecule has 0 aliphatic rings. The zero-order valence-electron chi connectivity index (χ0n) is 7.72. The monoisotopic (exact) mass is 243 g/mol. The minimum absolute atomic E-state index is 0. The molecule has 0 unspecified atom stereocenters. The Morgan fingerprint density at radius 3 is 1.73 bits per heavy atom. The summed E-state index contributed by atoms with van der Waals surface area (Å²) < 4.78 is 0. The van der Waals surface area contributed by atoms with Crippen molar-refractivity contribution in [2.75, 3.05) is 0 Å². The maximum atomic E-state index is 3.82. The predicted molar refractivity (Wildman–Crippen MR) is 48.0 cm³/mol. The number of hydrogen-bond acceptors (Lipinski definition) is 0. The molecule has 0 fully saturated rings. The van der Waals surface area contributed by atoms with Gasteiger partial charge in [0.2, 0.25) is 0 Å². The summed E-state index contributed by atoms with van der Waals surface area (Å²) in [6, 6.07) is 0. The van der Waals surface area contributed by atoms with E-state index in [4.69, 9.17) is 0 Å². The van der Waals surface area contributed by atoms with Gasteiger partial charge in [0.1, 0.15) is 0 Å². The van der Waals surface area contributed by atoms with Gasteiger partial charge in [-0.1, -0.05) is 51.9 Å². The largest absolute Gasteiger partial charge is 1.00 e.